The Morgan fingerprint density at radius 2 is 2.14 bits per heavy atom. The Balaban J connectivity index is 2.25. The number of hydrogen-bond donors (Lipinski definition) is 2. The predicted octanol–water partition coefficient (Wildman–Crippen LogP) is 1.88. The quantitative estimate of drug-likeness (QED) is 0.712. The van der Waals surface area contributed by atoms with Crippen LogP contribution in [-0.4, -0.2) is 35.3 Å². The van der Waals surface area contributed by atoms with Crippen LogP contribution in [0.1, 0.15) is 33.6 Å². The highest BCUT2D eigenvalue weighted by atomic mass is 32.2. The molecule has 1 aliphatic rings. The monoisotopic (exact) mass is 217 g/mol. The van der Waals surface area contributed by atoms with E-state index in [9.17, 15) is 5.11 Å². The van der Waals surface area contributed by atoms with Crippen molar-refractivity contribution in [3.8, 4) is 0 Å². The van der Waals surface area contributed by atoms with Crippen LogP contribution in [0, 0.1) is 5.41 Å². The number of rotatable bonds is 6. The lowest BCUT2D eigenvalue weighted by Crippen LogP contribution is -2.45. The molecule has 1 fully saturated rings. The lowest BCUT2D eigenvalue weighted by atomic mass is 10.00. The van der Waals surface area contributed by atoms with Crippen LogP contribution in [0.4, 0.5) is 0 Å². The molecule has 0 aliphatic heterocycles. The Hall–Kier alpha value is 0.270. The molecule has 0 saturated heterocycles. The molecule has 0 aromatic rings. The molecule has 3 heteroatoms. The molecule has 2 atom stereocenters. The van der Waals surface area contributed by atoms with Gasteiger partial charge in [0.05, 0.1) is 5.60 Å². The molecule has 0 bridgehead atoms. The molecule has 0 aromatic carbocycles. The van der Waals surface area contributed by atoms with Gasteiger partial charge < -0.3 is 10.4 Å². The Morgan fingerprint density at radius 1 is 1.57 bits per heavy atom. The van der Waals surface area contributed by atoms with Crippen LogP contribution < -0.4 is 5.32 Å². The van der Waals surface area contributed by atoms with E-state index in [1.165, 1.54) is 12.8 Å². The normalized spacial score (nSPS) is 25.5. The topological polar surface area (TPSA) is 32.3 Å². The minimum absolute atomic E-state index is 0.495. The van der Waals surface area contributed by atoms with E-state index in [0.29, 0.717) is 18.0 Å². The first-order valence-corrected chi connectivity index (χ1v) is 6.74. The molecule has 0 spiro atoms. The average Bonchev–Trinajstić information content (AvgIpc) is 2.81. The molecule has 0 radical (unpaired) electrons. The molecular formula is C11H23NOS. The van der Waals surface area contributed by atoms with Gasteiger partial charge >= 0.3 is 0 Å². The molecule has 0 aromatic heterocycles. The Morgan fingerprint density at radius 3 is 2.57 bits per heavy atom. The van der Waals surface area contributed by atoms with Crippen molar-refractivity contribution in [2.75, 3.05) is 18.6 Å². The summed E-state index contributed by atoms with van der Waals surface area (Å²) in [6.45, 7) is 7.14. The van der Waals surface area contributed by atoms with Gasteiger partial charge in [-0.15, -0.1) is 0 Å². The third-order valence-electron chi connectivity index (χ3n) is 3.33. The molecule has 1 aliphatic carbocycles. The van der Waals surface area contributed by atoms with Crippen molar-refractivity contribution in [3.63, 3.8) is 0 Å². The first kappa shape index (κ1) is 12.3. The summed E-state index contributed by atoms with van der Waals surface area (Å²) in [5.41, 5.74) is -0.0750. The van der Waals surface area contributed by atoms with Crippen LogP contribution in [0.2, 0.25) is 0 Å². The van der Waals surface area contributed by atoms with Gasteiger partial charge in [0.25, 0.3) is 0 Å². The summed E-state index contributed by atoms with van der Waals surface area (Å²) in [7, 11) is 0. The lowest BCUT2D eigenvalue weighted by Gasteiger charge is -2.27. The van der Waals surface area contributed by atoms with Crippen molar-refractivity contribution in [2.45, 2.75) is 45.3 Å². The Kier molecular flexibility index (Phi) is 3.89. The zero-order valence-corrected chi connectivity index (χ0v) is 10.6. The summed E-state index contributed by atoms with van der Waals surface area (Å²) in [5.74, 6) is 0.795. The highest BCUT2D eigenvalue weighted by Crippen LogP contribution is 2.47. The van der Waals surface area contributed by atoms with Gasteiger partial charge in [0.1, 0.15) is 0 Å². The summed E-state index contributed by atoms with van der Waals surface area (Å²) in [6, 6.07) is 0.524. The van der Waals surface area contributed by atoms with Crippen molar-refractivity contribution >= 4 is 11.8 Å². The maximum atomic E-state index is 9.97. The van der Waals surface area contributed by atoms with Gasteiger partial charge in [-0.1, -0.05) is 6.92 Å². The second kappa shape index (κ2) is 4.42. The van der Waals surface area contributed by atoms with Gasteiger partial charge in [0, 0.05) is 18.3 Å². The number of nitrogens with one attached hydrogen (secondary N) is 1. The first-order chi connectivity index (χ1) is 6.40. The van der Waals surface area contributed by atoms with E-state index in [2.05, 4.69) is 19.2 Å². The van der Waals surface area contributed by atoms with Crippen LogP contribution in [-0.2, 0) is 0 Å². The summed E-state index contributed by atoms with van der Waals surface area (Å²) in [6.07, 6.45) is 4.68. The summed E-state index contributed by atoms with van der Waals surface area (Å²) < 4.78 is 0. The fourth-order valence-corrected chi connectivity index (χ4v) is 2.34. The highest BCUT2D eigenvalue weighted by Gasteiger charge is 2.42. The Labute approximate surface area is 91.9 Å². The standard InChI is InChI=1S/C11H23NOS/c1-9(10(2)5-6-10)12-7-11(3,13)8-14-4/h9,12-13H,5-8H2,1-4H3. The molecule has 2 N–H and O–H groups in total. The van der Waals surface area contributed by atoms with Crippen LogP contribution in [0.3, 0.4) is 0 Å². The van der Waals surface area contributed by atoms with E-state index in [4.69, 9.17) is 0 Å². The predicted molar refractivity (Wildman–Crippen MR) is 63.8 cm³/mol. The van der Waals surface area contributed by atoms with Gasteiger partial charge in [-0.25, -0.2) is 0 Å². The van der Waals surface area contributed by atoms with Crippen LogP contribution in [0.5, 0.6) is 0 Å². The molecule has 2 unspecified atom stereocenters. The molecule has 84 valence electrons. The van der Waals surface area contributed by atoms with Gasteiger partial charge in [-0.05, 0) is 38.4 Å². The Bertz CT molecular complexity index is 190. The summed E-state index contributed by atoms with van der Waals surface area (Å²) in [4.78, 5) is 0. The van der Waals surface area contributed by atoms with E-state index in [0.717, 1.165) is 5.75 Å². The summed E-state index contributed by atoms with van der Waals surface area (Å²) >= 11 is 1.69. The zero-order chi connectivity index (χ0) is 10.8. The van der Waals surface area contributed by atoms with Crippen LogP contribution >= 0.6 is 11.8 Å². The van der Waals surface area contributed by atoms with Crippen molar-refractivity contribution in [1.29, 1.82) is 0 Å². The van der Waals surface area contributed by atoms with Crippen LogP contribution in [0.25, 0.3) is 0 Å². The zero-order valence-electron chi connectivity index (χ0n) is 9.76. The van der Waals surface area contributed by atoms with E-state index < -0.39 is 5.60 Å². The largest absolute Gasteiger partial charge is 0.388 e. The maximum Gasteiger partial charge on any atom is 0.0833 e. The average molecular weight is 217 g/mol. The van der Waals surface area contributed by atoms with Crippen LogP contribution in [0.15, 0.2) is 0 Å². The highest BCUT2D eigenvalue weighted by molar-refractivity contribution is 7.98. The lowest BCUT2D eigenvalue weighted by molar-refractivity contribution is 0.0790. The van der Waals surface area contributed by atoms with Gasteiger partial charge in [0.15, 0.2) is 0 Å². The molecule has 14 heavy (non-hydrogen) atoms. The SMILES string of the molecule is CSCC(C)(O)CNC(C)C1(C)CC1. The fraction of sp³-hybridized carbons (Fsp3) is 1.00. The van der Waals surface area contributed by atoms with Gasteiger partial charge in [0.2, 0.25) is 0 Å². The molecule has 1 saturated carbocycles. The minimum Gasteiger partial charge on any atom is -0.388 e. The minimum atomic E-state index is -0.571. The van der Waals surface area contributed by atoms with Crippen molar-refractivity contribution in [2.24, 2.45) is 5.41 Å². The molecule has 0 amide bonds. The smallest absolute Gasteiger partial charge is 0.0833 e. The molecule has 2 nitrogen and oxygen atoms in total. The summed E-state index contributed by atoms with van der Waals surface area (Å²) in [5, 5.41) is 13.4. The fourth-order valence-electron chi connectivity index (χ4n) is 1.61. The maximum absolute atomic E-state index is 9.97. The van der Waals surface area contributed by atoms with E-state index >= 15 is 0 Å². The molecular weight excluding hydrogens is 194 g/mol. The van der Waals surface area contributed by atoms with Crippen molar-refractivity contribution in [3.05, 3.63) is 0 Å². The van der Waals surface area contributed by atoms with E-state index in [1.54, 1.807) is 11.8 Å². The third kappa shape index (κ3) is 3.44. The second-order valence-electron chi connectivity index (χ2n) is 5.19. The van der Waals surface area contributed by atoms with E-state index in [-0.39, 0.29) is 0 Å². The third-order valence-corrected chi connectivity index (χ3v) is 4.24. The van der Waals surface area contributed by atoms with Crippen molar-refractivity contribution < 1.29 is 5.11 Å². The number of aliphatic hydroxyl groups is 1. The second-order valence-corrected chi connectivity index (χ2v) is 6.05. The van der Waals surface area contributed by atoms with Crippen molar-refractivity contribution in [1.82, 2.24) is 5.32 Å². The molecule has 1 rings (SSSR count). The first-order valence-electron chi connectivity index (χ1n) is 5.34. The van der Waals surface area contributed by atoms with E-state index in [1.807, 2.05) is 13.2 Å². The van der Waals surface area contributed by atoms with Gasteiger partial charge in [-0.3, -0.25) is 0 Å². The number of hydrogen-bond acceptors (Lipinski definition) is 3. The molecule has 0 heterocycles. The number of thioether (sulfide) groups is 1. The van der Waals surface area contributed by atoms with Gasteiger partial charge in [-0.2, -0.15) is 11.8 Å².